The van der Waals surface area contributed by atoms with Gasteiger partial charge in [0.1, 0.15) is 11.8 Å². The van der Waals surface area contributed by atoms with E-state index in [2.05, 4.69) is 10.1 Å². The van der Waals surface area contributed by atoms with Crippen molar-refractivity contribution in [2.24, 2.45) is 0 Å². The number of carbonyl (C=O) groups is 1. The first-order valence-corrected chi connectivity index (χ1v) is 8.22. The van der Waals surface area contributed by atoms with E-state index in [0.29, 0.717) is 43.3 Å². The lowest BCUT2D eigenvalue weighted by Gasteiger charge is -2.19. The number of hydrogen-bond donors (Lipinski definition) is 2. The van der Waals surface area contributed by atoms with Crippen molar-refractivity contribution < 1.29 is 19.7 Å². The van der Waals surface area contributed by atoms with Gasteiger partial charge in [-0.05, 0) is 24.6 Å². The number of hydrogen-bond acceptors (Lipinski definition) is 6. The molecule has 0 radical (unpaired) electrons. The number of aromatic nitrogens is 3. The quantitative estimate of drug-likeness (QED) is 0.817. The predicted octanol–water partition coefficient (Wildman–Crippen LogP) is 0.496. The summed E-state index contributed by atoms with van der Waals surface area (Å²) in [6, 6.07) is 7.05. The van der Waals surface area contributed by atoms with Crippen LogP contribution in [0.2, 0.25) is 0 Å². The van der Waals surface area contributed by atoms with Crippen molar-refractivity contribution >= 4 is 5.91 Å². The van der Waals surface area contributed by atoms with Crippen LogP contribution in [0.1, 0.15) is 40.1 Å². The number of rotatable bonds is 5. The Labute approximate surface area is 145 Å². The van der Waals surface area contributed by atoms with Gasteiger partial charge in [0.15, 0.2) is 0 Å². The van der Waals surface area contributed by atoms with Gasteiger partial charge in [0.2, 0.25) is 0 Å². The van der Waals surface area contributed by atoms with Gasteiger partial charge in [0.05, 0.1) is 36.8 Å². The Kier molecular flexibility index (Phi) is 5.42. The Morgan fingerprint density at radius 3 is 3.00 bits per heavy atom. The summed E-state index contributed by atoms with van der Waals surface area (Å²) in [6.07, 6.45) is -0.247. The van der Waals surface area contributed by atoms with Crippen molar-refractivity contribution in [3.05, 3.63) is 47.0 Å². The van der Waals surface area contributed by atoms with Crippen molar-refractivity contribution in [2.45, 2.75) is 32.2 Å². The molecule has 25 heavy (non-hydrogen) atoms. The Morgan fingerprint density at radius 1 is 1.40 bits per heavy atom. The summed E-state index contributed by atoms with van der Waals surface area (Å²) in [4.78, 5) is 18.9. The molecule has 0 aromatic carbocycles. The number of methoxy groups -OCH3 is 1. The van der Waals surface area contributed by atoms with Crippen LogP contribution in [0, 0.1) is 0 Å². The fourth-order valence-electron chi connectivity index (χ4n) is 2.90. The van der Waals surface area contributed by atoms with Crippen LogP contribution in [-0.4, -0.2) is 56.0 Å². The third kappa shape index (κ3) is 3.87. The molecule has 3 heterocycles. The fourth-order valence-corrected chi connectivity index (χ4v) is 2.90. The van der Waals surface area contributed by atoms with E-state index in [9.17, 15) is 9.90 Å². The number of amides is 1. The minimum absolute atomic E-state index is 0.142. The third-order valence-corrected chi connectivity index (χ3v) is 4.15. The molecule has 3 rings (SSSR count). The van der Waals surface area contributed by atoms with E-state index in [0.717, 1.165) is 12.1 Å². The van der Waals surface area contributed by atoms with Crippen LogP contribution in [-0.2, 0) is 24.4 Å². The molecule has 0 spiro atoms. The van der Waals surface area contributed by atoms with E-state index in [1.165, 1.54) is 0 Å². The molecule has 2 aromatic rings. The first kappa shape index (κ1) is 17.5. The van der Waals surface area contributed by atoms with Crippen LogP contribution in [0.5, 0.6) is 0 Å². The Hall–Kier alpha value is -2.29. The lowest BCUT2D eigenvalue weighted by Crippen LogP contribution is -2.31. The zero-order chi connectivity index (χ0) is 17.8. The first-order chi connectivity index (χ1) is 12.1. The Balaban J connectivity index is 1.80. The van der Waals surface area contributed by atoms with Gasteiger partial charge >= 0.3 is 0 Å². The molecule has 0 unspecified atom stereocenters. The summed E-state index contributed by atoms with van der Waals surface area (Å²) in [5.41, 5.74) is 2.35. The van der Waals surface area contributed by atoms with Gasteiger partial charge in [0.25, 0.3) is 5.91 Å². The van der Waals surface area contributed by atoms with Crippen LogP contribution >= 0.6 is 0 Å². The van der Waals surface area contributed by atoms with Gasteiger partial charge in [-0.2, -0.15) is 5.10 Å². The van der Waals surface area contributed by atoms with Crippen LogP contribution < -0.4 is 0 Å². The summed E-state index contributed by atoms with van der Waals surface area (Å²) in [6.45, 7) is 1.64. The zero-order valence-corrected chi connectivity index (χ0v) is 14.1. The van der Waals surface area contributed by atoms with E-state index in [1.807, 2.05) is 6.07 Å². The molecule has 8 heteroatoms. The van der Waals surface area contributed by atoms with E-state index in [-0.39, 0.29) is 12.5 Å². The van der Waals surface area contributed by atoms with Gasteiger partial charge in [0, 0.05) is 20.2 Å². The average Bonchev–Trinajstić information content (AvgIpc) is 2.92. The molecule has 0 saturated carbocycles. The monoisotopic (exact) mass is 346 g/mol. The Morgan fingerprint density at radius 2 is 2.24 bits per heavy atom. The number of carbonyl (C=O) groups excluding carboxylic acids is 1. The second-order valence-corrected chi connectivity index (χ2v) is 6.01. The second-order valence-electron chi connectivity index (χ2n) is 6.01. The predicted molar refractivity (Wildman–Crippen MR) is 88.6 cm³/mol. The molecule has 134 valence electrons. The number of ether oxygens (including phenoxy) is 1. The number of aryl methyl sites for hydroxylation is 1. The number of pyridine rings is 1. The van der Waals surface area contributed by atoms with Crippen molar-refractivity contribution in [1.29, 1.82) is 0 Å². The van der Waals surface area contributed by atoms with Crippen LogP contribution in [0.15, 0.2) is 24.3 Å². The largest absolute Gasteiger partial charge is 0.393 e. The standard InChI is InChI=1S/C17H22N4O4/c1-25-11-12-4-2-5-14(18-12)17(24)20-6-3-7-21-13(9-20)8-15(19-21)16(23)10-22/h2,4-5,8,16,22-23H,3,6-7,9-11H2,1H3/t16-/m1/s1. The smallest absolute Gasteiger partial charge is 0.272 e. The maximum Gasteiger partial charge on any atom is 0.272 e. The molecule has 1 aliphatic heterocycles. The van der Waals surface area contributed by atoms with E-state index in [4.69, 9.17) is 9.84 Å². The molecular formula is C17H22N4O4. The van der Waals surface area contributed by atoms with E-state index < -0.39 is 6.10 Å². The minimum atomic E-state index is -1.00. The third-order valence-electron chi connectivity index (χ3n) is 4.15. The highest BCUT2D eigenvalue weighted by molar-refractivity contribution is 5.92. The van der Waals surface area contributed by atoms with Crippen molar-refractivity contribution in [3.8, 4) is 0 Å². The number of aliphatic hydroxyl groups excluding tert-OH is 2. The first-order valence-electron chi connectivity index (χ1n) is 8.22. The molecule has 0 aliphatic carbocycles. The Bertz CT molecular complexity index is 746. The molecule has 2 aromatic heterocycles. The molecule has 2 N–H and O–H groups in total. The zero-order valence-electron chi connectivity index (χ0n) is 14.1. The summed E-state index contributed by atoms with van der Waals surface area (Å²) < 4.78 is 6.86. The summed E-state index contributed by atoms with van der Waals surface area (Å²) in [7, 11) is 1.59. The van der Waals surface area contributed by atoms with Gasteiger partial charge < -0.3 is 19.8 Å². The highest BCUT2D eigenvalue weighted by Gasteiger charge is 2.24. The molecule has 1 aliphatic rings. The highest BCUT2D eigenvalue weighted by atomic mass is 16.5. The fraction of sp³-hybridized carbons (Fsp3) is 0.471. The number of nitrogens with zero attached hydrogens (tertiary/aromatic N) is 4. The molecule has 0 bridgehead atoms. The summed E-state index contributed by atoms with van der Waals surface area (Å²) in [5, 5.41) is 23.2. The number of aliphatic hydroxyl groups is 2. The summed E-state index contributed by atoms with van der Waals surface area (Å²) >= 11 is 0. The molecular weight excluding hydrogens is 324 g/mol. The lowest BCUT2D eigenvalue weighted by molar-refractivity contribution is 0.0738. The van der Waals surface area contributed by atoms with Gasteiger partial charge in [-0.15, -0.1) is 0 Å². The topological polar surface area (TPSA) is 101 Å². The SMILES string of the molecule is COCc1cccc(C(=O)N2CCCn3nc([C@H](O)CO)cc3C2)n1. The second kappa shape index (κ2) is 7.73. The molecule has 8 nitrogen and oxygen atoms in total. The van der Waals surface area contributed by atoms with Crippen LogP contribution in [0.25, 0.3) is 0 Å². The molecule has 0 saturated heterocycles. The summed E-state index contributed by atoms with van der Waals surface area (Å²) in [5.74, 6) is -0.142. The van der Waals surface area contributed by atoms with Crippen molar-refractivity contribution in [1.82, 2.24) is 19.7 Å². The maximum absolute atomic E-state index is 12.8. The van der Waals surface area contributed by atoms with Crippen LogP contribution in [0.4, 0.5) is 0 Å². The van der Waals surface area contributed by atoms with Crippen molar-refractivity contribution in [2.75, 3.05) is 20.3 Å². The molecule has 1 atom stereocenters. The maximum atomic E-state index is 12.8. The van der Waals surface area contributed by atoms with Gasteiger partial charge in [-0.25, -0.2) is 4.98 Å². The van der Waals surface area contributed by atoms with E-state index in [1.54, 1.807) is 34.9 Å². The molecule has 1 amide bonds. The van der Waals surface area contributed by atoms with Gasteiger partial charge in [-0.1, -0.05) is 6.07 Å². The highest BCUT2D eigenvalue weighted by Crippen LogP contribution is 2.19. The van der Waals surface area contributed by atoms with Crippen LogP contribution in [0.3, 0.4) is 0 Å². The number of fused-ring (bicyclic) bond motifs is 1. The van der Waals surface area contributed by atoms with Crippen molar-refractivity contribution in [3.63, 3.8) is 0 Å². The average molecular weight is 346 g/mol. The van der Waals surface area contributed by atoms with Gasteiger partial charge in [-0.3, -0.25) is 9.48 Å². The van der Waals surface area contributed by atoms with E-state index >= 15 is 0 Å². The normalized spacial score (nSPS) is 15.6. The molecule has 0 fully saturated rings. The lowest BCUT2D eigenvalue weighted by atomic mass is 10.2. The minimum Gasteiger partial charge on any atom is -0.393 e.